The molecule has 1 unspecified atom stereocenters. The van der Waals surface area contributed by atoms with Gasteiger partial charge in [0.15, 0.2) is 0 Å². The minimum atomic E-state index is 0.416. The molecule has 0 spiro atoms. The van der Waals surface area contributed by atoms with Gasteiger partial charge < -0.3 is 5.73 Å². The summed E-state index contributed by atoms with van der Waals surface area (Å²) in [5.74, 6) is 0.416. The lowest BCUT2D eigenvalue weighted by Crippen LogP contribution is -2.19. The smallest absolute Gasteiger partial charge is 0.0595 e. The Morgan fingerprint density at radius 2 is 1.53 bits per heavy atom. The van der Waals surface area contributed by atoms with Crippen molar-refractivity contribution in [3.8, 4) is 0 Å². The van der Waals surface area contributed by atoms with E-state index in [2.05, 4.69) is 24.3 Å². The Hall–Kier alpha value is -1.02. The first-order valence-corrected chi connectivity index (χ1v) is 7.12. The van der Waals surface area contributed by atoms with Crippen molar-refractivity contribution in [1.29, 1.82) is 0 Å². The van der Waals surface area contributed by atoms with Crippen LogP contribution in [0.2, 0.25) is 10.0 Å². The molecule has 2 rings (SSSR count). The first kappa shape index (κ1) is 14.4. The van der Waals surface area contributed by atoms with Gasteiger partial charge in [-0.1, -0.05) is 59.6 Å². The van der Waals surface area contributed by atoms with E-state index in [1.807, 2.05) is 24.3 Å². The van der Waals surface area contributed by atoms with Gasteiger partial charge in [0.25, 0.3) is 0 Å². The average Bonchev–Trinajstić information content (AvgIpc) is 2.43. The first-order valence-electron chi connectivity index (χ1n) is 6.37. The number of hydrogen-bond acceptors (Lipinski definition) is 1. The van der Waals surface area contributed by atoms with Gasteiger partial charge in [-0.2, -0.15) is 0 Å². The second kappa shape index (κ2) is 6.95. The van der Waals surface area contributed by atoms with Crippen molar-refractivity contribution < 1.29 is 0 Å². The number of nitrogens with two attached hydrogens (primary N) is 1. The van der Waals surface area contributed by atoms with Gasteiger partial charge in [-0.15, -0.1) is 0 Å². The third-order valence-electron chi connectivity index (χ3n) is 3.21. The molecule has 1 atom stereocenters. The summed E-state index contributed by atoms with van der Waals surface area (Å²) in [6, 6.07) is 16.2. The van der Waals surface area contributed by atoms with Crippen LogP contribution < -0.4 is 5.73 Å². The van der Waals surface area contributed by atoms with E-state index in [1.54, 1.807) is 0 Å². The van der Waals surface area contributed by atoms with Crippen molar-refractivity contribution in [2.45, 2.75) is 12.8 Å². The maximum absolute atomic E-state index is 6.04. The first-order chi connectivity index (χ1) is 9.19. The zero-order valence-electron chi connectivity index (χ0n) is 10.7. The van der Waals surface area contributed by atoms with Crippen LogP contribution in [0.4, 0.5) is 0 Å². The summed E-state index contributed by atoms with van der Waals surface area (Å²) in [7, 11) is 0. The molecule has 2 aromatic rings. The van der Waals surface area contributed by atoms with Gasteiger partial charge in [0.2, 0.25) is 0 Å². The van der Waals surface area contributed by atoms with E-state index in [0.717, 1.165) is 12.8 Å². The SMILES string of the molecule is NCC(Cc1ccccc1)Cc1ccc(Cl)c(Cl)c1. The lowest BCUT2D eigenvalue weighted by atomic mass is 9.93. The summed E-state index contributed by atoms with van der Waals surface area (Å²) in [5.41, 5.74) is 8.38. The second-order valence-corrected chi connectivity index (χ2v) is 5.56. The van der Waals surface area contributed by atoms with Gasteiger partial charge >= 0.3 is 0 Å². The van der Waals surface area contributed by atoms with Crippen molar-refractivity contribution in [3.63, 3.8) is 0 Å². The average molecular weight is 294 g/mol. The van der Waals surface area contributed by atoms with Gasteiger partial charge in [-0.05, 0) is 48.6 Å². The Morgan fingerprint density at radius 3 is 2.16 bits per heavy atom. The quantitative estimate of drug-likeness (QED) is 0.871. The maximum Gasteiger partial charge on any atom is 0.0595 e. The standard InChI is InChI=1S/C16H17Cl2N/c17-15-7-6-13(10-16(15)18)9-14(11-19)8-12-4-2-1-3-5-12/h1-7,10,14H,8-9,11,19H2. The monoisotopic (exact) mass is 293 g/mol. The highest BCUT2D eigenvalue weighted by Gasteiger charge is 2.10. The Kier molecular flexibility index (Phi) is 5.26. The topological polar surface area (TPSA) is 26.0 Å². The lowest BCUT2D eigenvalue weighted by molar-refractivity contribution is 0.533. The molecule has 0 heterocycles. The summed E-state index contributed by atoms with van der Waals surface area (Å²) >= 11 is 12.0. The molecule has 1 nitrogen and oxygen atoms in total. The van der Waals surface area contributed by atoms with Crippen LogP contribution in [0.1, 0.15) is 11.1 Å². The summed E-state index contributed by atoms with van der Waals surface area (Å²) in [6.45, 7) is 0.662. The molecule has 2 N–H and O–H groups in total. The van der Waals surface area contributed by atoms with E-state index in [-0.39, 0.29) is 0 Å². The molecule has 0 aliphatic heterocycles. The molecule has 100 valence electrons. The van der Waals surface area contributed by atoms with Gasteiger partial charge in [0.05, 0.1) is 10.0 Å². The Bertz CT molecular complexity index is 526. The van der Waals surface area contributed by atoms with Crippen molar-refractivity contribution in [3.05, 3.63) is 69.7 Å². The molecule has 0 amide bonds. The second-order valence-electron chi connectivity index (χ2n) is 4.74. The van der Waals surface area contributed by atoms with E-state index in [0.29, 0.717) is 22.5 Å². The minimum Gasteiger partial charge on any atom is -0.330 e. The Morgan fingerprint density at radius 1 is 0.842 bits per heavy atom. The van der Waals surface area contributed by atoms with Crippen LogP contribution in [0, 0.1) is 5.92 Å². The molecular weight excluding hydrogens is 277 g/mol. The molecule has 0 bridgehead atoms. The summed E-state index contributed by atoms with van der Waals surface area (Å²) in [4.78, 5) is 0. The van der Waals surface area contributed by atoms with E-state index in [4.69, 9.17) is 28.9 Å². The fourth-order valence-corrected chi connectivity index (χ4v) is 2.51. The van der Waals surface area contributed by atoms with Crippen LogP contribution in [0.5, 0.6) is 0 Å². The van der Waals surface area contributed by atoms with Crippen LogP contribution in [-0.2, 0) is 12.8 Å². The molecule has 0 saturated carbocycles. The number of rotatable bonds is 5. The van der Waals surface area contributed by atoms with Crippen LogP contribution in [0.3, 0.4) is 0 Å². The molecule has 19 heavy (non-hydrogen) atoms. The molecule has 0 fully saturated rings. The highest BCUT2D eigenvalue weighted by molar-refractivity contribution is 6.42. The van der Waals surface area contributed by atoms with Crippen molar-refractivity contribution in [1.82, 2.24) is 0 Å². The minimum absolute atomic E-state index is 0.416. The largest absolute Gasteiger partial charge is 0.330 e. The lowest BCUT2D eigenvalue weighted by Gasteiger charge is -2.15. The highest BCUT2D eigenvalue weighted by atomic mass is 35.5. The third kappa shape index (κ3) is 4.24. The van der Waals surface area contributed by atoms with E-state index >= 15 is 0 Å². The molecular formula is C16H17Cl2N. The third-order valence-corrected chi connectivity index (χ3v) is 3.95. The Labute approximate surface area is 124 Å². The van der Waals surface area contributed by atoms with Gasteiger partial charge in [-0.25, -0.2) is 0 Å². The maximum atomic E-state index is 6.04. The van der Waals surface area contributed by atoms with Gasteiger partial charge in [0, 0.05) is 0 Å². The number of halogens is 2. The van der Waals surface area contributed by atoms with Crippen LogP contribution in [0.25, 0.3) is 0 Å². The number of hydrogen-bond donors (Lipinski definition) is 1. The molecule has 0 radical (unpaired) electrons. The summed E-state index contributed by atoms with van der Waals surface area (Å²) in [5, 5.41) is 1.20. The van der Waals surface area contributed by atoms with Gasteiger partial charge in [-0.3, -0.25) is 0 Å². The van der Waals surface area contributed by atoms with E-state index < -0.39 is 0 Å². The molecule has 2 aromatic carbocycles. The van der Waals surface area contributed by atoms with Crippen molar-refractivity contribution >= 4 is 23.2 Å². The molecule has 0 aliphatic carbocycles. The molecule has 3 heteroatoms. The number of benzene rings is 2. The fraction of sp³-hybridized carbons (Fsp3) is 0.250. The summed E-state index contributed by atoms with van der Waals surface area (Å²) < 4.78 is 0. The predicted molar refractivity (Wildman–Crippen MR) is 82.9 cm³/mol. The Balaban J connectivity index is 2.04. The van der Waals surface area contributed by atoms with Crippen molar-refractivity contribution in [2.24, 2.45) is 11.7 Å². The fourth-order valence-electron chi connectivity index (χ4n) is 2.19. The van der Waals surface area contributed by atoms with Crippen LogP contribution in [-0.4, -0.2) is 6.54 Å². The van der Waals surface area contributed by atoms with E-state index in [9.17, 15) is 0 Å². The van der Waals surface area contributed by atoms with Crippen molar-refractivity contribution in [2.75, 3.05) is 6.54 Å². The van der Waals surface area contributed by atoms with Gasteiger partial charge in [0.1, 0.15) is 0 Å². The summed E-state index contributed by atoms with van der Waals surface area (Å²) in [6.07, 6.45) is 1.90. The zero-order chi connectivity index (χ0) is 13.7. The van der Waals surface area contributed by atoms with Crippen LogP contribution >= 0.6 is 23.2 Å². The predicted octanol–water partition coefficient (Wildman–Crippen LogP) is 4.35. The van der Waals surface area contributed by atoms with E-state index in [1.165, 1.54) is 11.1 Å². The normalized spacial score (nSPS) is 12.4. The van der Waals surface area contributed by atoms with Crippen LogP contribution in [0.15, 0.2) is 48.5 Å². The zero-order valence-corrected chi connectivity index (χ0v) is 12.2. The molecule has 0 aromatic heterocycles. The highest BCUT2D eigenvalue weighted by Crippen LogP contribution is 2.24. The molecule has 0 aliphatic rings. The molecule has 0 saturated heterocycles.